The number of hydrogen-bond donors (Lipinski definition) is 2. The zero-order valence-corrected chi connectivity index (χ0v) is 16.4. The van der Waals surface area contributed by atoms with Crippen LogP contribution < -0.4 is 0 Å². The molecule has 2 N–H and O–H groups in total. The number of hydrogen-bond acceptors (Lipinski definition) is 4. The lowest BCUT2D eigenvalue weighted by Crippen LogP contribution is -2.29. The molecular weight excluding hydrogens is 435 g/mol. The number of carbonyl (C=O) groups is 1. The Kier molecular flexibility index (Phi) is 4.36. The molecule has 0 radical (unpaired) electrons. The highest BCUT2D eigenvalue weighted by molar-refractivity contribution is 6.33. The lowest BCUT2D eigenvalue weighted by molar-refractivity contribution is -0.136. The molecule has 0 unspecified atom stereocenters. The molecule has 5 rings (SSSR count). The summed E-state index contributed by atoms with van der Waals surface area (Å²) in [5, 5.41) is 12.9. The van der Waals surface area contributed by atoms with Gasteiger partial charge in [-0.2, -0.15) is 23.4 Å². The Morgan fingerprint density at radius 3 is 2.74 bits per heavy atom. The Bertz CT molecular complexity index is 1310. The van der Waals surface area contributed by atoms with E-state index in [1.807, 2.05) is 6.08 Å². The molecule has 4 aromatic heterocycles. The number of nitrogens with one attached hydrogen (secondary N) is 2. The fourth-order valence-electron chi connectivity index (χ4n) is 3.51. The Morgan fingerprint density at radius 1 is 1.23 bits per heavy atom. The molecule has 5 heterocycles. The number of aromatic amines is 2. The largest absolute Gasteiger partial charge is 0.420 e. The molecule has 8 nitrogen and oxygen atoms in total. The average molecular weight is 448 g/mol. The van der Waals surface area contributed by atoms with Crippen molar-refractivity contribution in [3.63, 3.8) is 0 Å². The van der Waals surface area contributed by atoms with Crippen molar-refractivity contribution in [1.82, 2.24) is 34.7 Å². The molecule has 1 amide bonds. The van der Waals surface area contributed by atoms with E-state index in [2.05, 4.69) is 25.4 Å². The van der Waals surface area contributed by atoms with Crippen LogP contribution >= 0.6 is 11.6 Å². The Morgan fingerprint density at radius 2 is 2.06 bits per heavy atom. The minimum absolute atomic E-state index is 0.191. The fourth-order valence-corrected chi connectivity index (χ4v) is 3.76. The Hall–Kier alpha value is -3.60. The molecule has 0 fully saturated rings. The van der Waals surface area contributed by atoms with Crippen LogP contribution in [0.15, 0.2) is 43.0 Å². The highest BCUT2D eigenvalue weighted by atomic mass is 35.5. The highest BCUT2D eigenvalue weighted by Crippen LogP contribution is 2.37. The van der Waals surface area contributed by atoms with Crippen molar-refractivity contribution >= 4 is 28.7 Å². The molecule has 0 spiro atoms. The van der Waals surface area contributed by atoms with E-state index in [9.17, 15) is 18.0 Å². The van der Waals surface area contributed by atoms with Gasteiger partial charge >= 0.3 is 6.18 Å². The molecule has 0 bridgehead atoms. The summed E-state index contributed by atoms with van der Waals surface area (Å²) in [5.41, 5.74) is 0.519. The quantitative estimate of drug-likeness (QED) is 0.501. The lowest BCUT2D eigenvalue weighted by Gasteiger charge is -2.14. The van der Waals surface area contributed by atoms with Gasteiger partial charge < -0.3 is 4.90 Å². The van der Waals surface area contributed by atoms with Crippen LogP contribution in [-0.4, -0.2) is 53.7 Å². The Labute approximate surface area is 177 Å². The number of imidazole rings is 1. The lowest BCUT2D eigenvalue weighted by atomic mass is 10.1. The van der Waals surface area contributed by atoms with Gasteiger partial charge in [0.1, 0.15) is 5.15 Å². The third-order valence-electron chi connectivity index (χ3n) is 5.04. The molecule has 0 aliphatic carbocycles. The number of carbonyl (C=O) groups excluding carboxylic acids is 1. The summed E-state index contributed by atoms with van der Waals surface area (Å²) in [5.74, 6) is -0.562. The van der Waals surface area contributed by atoms with Crippen molar-refractivity contribution < 1.29 is 18.0 Å². The molecule has 158 valence electrons. The maximum absolute atomic E-state index is 13.8. The van der Waals surface area contributed by atoms with E-state index >= 15 is 0 Å². The van der Waals surface area contributed by atoms with E-state index in [0.717, 1.165) is 16.0 Å². The maximum atomic E-state index is 13.8. The van der Waals surface area contributed by atoms with Crippen LogP contribution in [0, 0.1) is 0 Å². The van der Waals surface area contributed by atoms with Gasteiger partial charge in [-0.25, -0.2) is 4.98 Å². The number of amides is 1. The molecular formula is C19H13ClF3N7O. The van der Waals surface area contributed by atoms with Crippen LogP contribution in [-0.2, 0) is 6.18 Å². The SMILES string of the molecule is O=C(c1nc2c(C(F)(F)F)cc(-c3cn[nH]c3)cn2c1Cl)N1CC=C(c2cc[nH]n2)C1. The zero-order valence-electron chi connectivity index (χ0n) is 15.6. The summed E-state index contributed by atoms with van der Waals surface area (Å²) < 4.78 is 42.4. The summed E-state index contributed by atoms with van der Waals surface area (Å²) in [4.78, 5) is 18.5. The van der Waals surface area contributed by atoms with Gasteiger partial charge in [-0.15, -0.1) is 0 Å². The number of H-pyrrole nitrogens is 2. The number of halogens is 4. The normalized spacial score (nSPS) is 14.5. The second-order valence-electron chi connectivity index (χ2n) is 6.95. The number of fused-ring (bicyclic) bond motifs is 1. The van der Waals surface area contributed by atoms with Gasteiger partial charge in [0.15, 0.2) is 11.3 Å². The molecule has 4 aromatic rings. The first-order valence-electron chi connectivity index (χ1n) is 9.09. The maximum Gasteiger partial charge on any atom is 0.420 e. The van der Waals surface area contributed by atoms with Gasteiger partial charge in [0.25, 0.3) is 5.91 Å². The summed E-state index contributed by atoms with van der Waals surface area (Å²) in [6.07, 6.45) is 3.05. The molecule has 0 aromatic carbocycles. The van der Waals surface area contributed by atoms with E-state index < -0.39 is 23.3 Å². The monoisotopic (exact) mass is 447 g/mol. The number of rotatable bonds is 3. The van der Waals surface area contributed by atoms with Gasteiger partial charge in [0.2, 0.25) is 0 Å². The van der Waals surface area contributed by atoms with Crippen molar-refractivity contribution in [3.05, 3.63) is 65.1 Å². The molecule has 1 aliphatic heterocycles. The summed E-state index contributed by atoms with van der Waals surface area (Å²) in [6, 6.07) is 2.73. The molecule has 0 atom stereocenters. The van der Waals surface area contributed by atoms with Gasteiger partial charge in [-0.3, -0.25) is 19.4 Å². The van der Waals surface area contributed by atoms with Crippen LogP contribution in [0.4, 0.5) is 13.2 Å². The van der Waals surface area contributed by atoms with E-state index in [0.29, 0.717) is 11.3 Å². The standard InChI is InChI=1S/C19H13ClF3N7O/c20-16-15(18(31)29-4-2-10(8-29)14-1-3-24-28-14)27-17-13(19(21,22)23)5-11(9-30(16)17)12-6-25-26-7-12/h1-3,5-7,9H,4,8H2,(H,24,28)(H,25,26). The molecule has 12 heteroatoms. The topological polar surface area (TPSA) is 95.0 Å². The van der Waals surface area contributed by atoms with Gasteiger partial charge in [0, 0.05) is 42.8 Å². The van der Waals surface area contributed by atoms with Crippen molar-refractivity contribution in [2.75, 3.05) is 13.1 Å². The number of aromatic nitrogens is 6. The second kappa shape index (κ2) is 6.98. The number of pyridine rings is 1. The van der Waals surface area contributed by atoms with Crippen molar-refractivity contribution in [1.29, 1.82) is 0 Å². The van der Waals surface area contributed by atoms with E-state index in [1.165, 1.54) is 23.5 Å². The molecule has 1 aliphatic rings. The first kappa shape index (κ1) is 19.4. The molecule has 0 saturated carbocycles. The molecule has 0 saturated heterocycles. The third-order valence-corrected chi connectivity index (χ3v) is 5.40. The first-order valence-corrected chi connectivity index (χ1v) is 9.47. The summed E-state index contributed by atoms with van der Waals surface area (Å²) in [7, 11) is 0. The van der Waals surface area contributed by atoms with Crippen LogP contribution in [0.1, 0.15) is 21.7 Å². The van der Waals surface area contributed by atoms with Gasteiger partial charge in [0.05, 0.1) is 17.5 Å². The predicted molar refractivity (Wildman–Crippen MR) is 105 cm³/mol. The summed E-state index contributed by atoms with van der Waals surface area (Å²) >= 11 is 6.35. The second-order valence-corrected chi connectivity index (χ2v) is 7.30. The average Bonchev–Trinajstić information content (AvgIpc) is 3.53. The van der Waals surface area contributed by atoms with Crippen molar-refractivity contribution in [2.24, 2.45) is 0 Å². The van der Waals surface area contributed by atoms with E-state index in [1.54, 1.807) is 12.3 Å². The van der Waals surface area contributed by atoms with Crippen molar-refractivity contribution in [3.8, 4) is 11.1 Å². The zero-order chi connectivity index (χ0) is 21.8. The van der Waals surface area contributed by atoms with Gasteiger partial charge in [-0.1, -0.05) is 17.7 Å². The van der Waals surface area contributed by atoms with Crippen LogP contribution in [0.3, 0.4) is 0 Å². The number of nitrogens with zero attached hydrogens (tertiary/aromatic N) is 5. The van der Waals surface area contributed by atoms with E-state index in [-0.39, 0.29) is 29.5 Å². The Balaban J connectivity index is 1.56. The van der Waals surface area contributed by atoms with E-state index in [4.69, 9.17) is 11.6 Å². The highest BCUT2D eigenvalue weighted by Gasteiger charge is 2.37. The summed E-state index contributed by atoms with van der Waals surface area (Å²) in [6.45, 7) is 0.526. The first-order chi connectivity index (χ1) is 14.8. The van der Waals surface area contributed by atoms with Crippen molar-refractivity contribution in [2.45, 2.75) is 6.18 Å². The van der Waals surface area contributed by atoms with Crippen LogP contribution in [0.2, 0.25) is 5.15 Å². The smallest absolute Gasteiger partial charge is 0.329 e. The van der Waals surface area contributed by atoms with Gasteiger partial charge in [-0.05, 0) is 17.7 Å². The minimum atomic E-state index is -4.70. The number of alkyl halides is 3. The fraction of sp³-hybridized carbons (Fsp3) is 0.158. The predicted octanol–water partition coefficient (Wildman–Crippen LogP) is 3.66. The third kappa shape index (κ3) is 3.26. The van der Waals surface area contributed by atoms with Crippen LogP contribution in [0.25, 0.3) is 22.3 Å². The minimum Gasteiger partial charge on any atom is -0.329 e. The van der Waals surface area contributed by atoms with Crippen LogP contribution in [0.5, 0.6) is 0 Å². The molecule has 31 heavy (non-hydrogen) atoms.